The number of halogens is 3. The first-order chi connectivity index (χ1) is 19.5. The number of hydrogen-bond donors (Lipinski definition) is 2. The predicted molar refractivity (Wildman–Crippen MR) is 151 cm³/mol. The summed E-state index contributed by atoms with van der Waals surface area (Å²) in [6, 6.07) is 10.3. The van der Waals surface area contributed by atoms with Crippen LogP contribution in [-0.4, -0.2) is 51.1 Å². The van der Waals surface area contributed by atoms with Gasteiger partial charge in [0.25, 0.3) is 0 Å². The van der Waals surface area contributed by atoms with E-state index in [1.54, 1.807) is 25.2 Å². The Morgan fingerprint density at radius 1 is 1.27 bits per heavy atom. The molecule has 2 aliphatic rings. The zero-order valence-electron chi connectivity index (χ0n) is 23.2. The van der Waals surface area contributed by atoms with Crippen molar-refractivity contribution in [3.63, 3.8) is 0 Å². The van der Waals surface area contributed by atoms with Crippen molar-refractivity contribution in [1.82, 2.24) is 18.8 Å². The minimum atomic E-state index is -4.64. The van der Waals surface area contributed by atoms with Crippen molar-refractivity contribution >= 4 is 17.7 Å². The van der Waals surface area contributed by atoms with Gasteiger partial charge in [0.05, 0.1) is 34.6 Å². The van der Waals surface area contributed by atoms with E-state index in [-0.39, 0.29) is 17.3 Å². The summed E-state index contributed by atoms with van der Waals surface area (Å²) in [6.07, 6.45) is 2.67. The third kappa shape index (κ3) is 5.28. The summed E-state index contributed by atoms with van der Waals surface area (Å²) in [5, 5.41) is 25.6. The maximum atomic E-state index is 14.2. The van der Waals surface area contributed by atoms with Gasteiger partial charge in [0.2, 0.25) is 0 Å². The van der Waals surface area contributed by atoms with Gasteiger partial charge in [-0.05, 0) is 73.4 Å². The van der Waals surface area contributed by atoms with Crippen LogP contribution in [0.5, 0.6) is 0 Å². The van der Waals surface area contributed by atoms with E-state index in [4.69, 9.17) is 16.1 Å². The highest BCUT2D eigenvalue weighted by molar-refractivity contribution is 5.98. The highest BCUT2D eigenvalue weighted by atomic mass is 19.4. The van der Waals surface area contributed by atoms with E-state index in [2.05, 4.69) is 17.9 Å². The number of fused-ring (bicyclic) bond motifs is 1. The Hall–Kier alpha value is -3.91. The van der Waals surface area contributed by atoms with Crippen molar-refractivity contribution in [2.45, 2.75) is 57.2 Å². The number of hydrogen-bond acceptors (Lipinski definition) is 5. The van der Waals surface area contributed by atoms with Gasteiger partial charge in [-0.1, -0.05) is 19.1 Å². The Bertz CT molecular complexity index is 1580. The van der Waals surface area contributed by atoms with E-state index in [9.17, 15) is 18.0 Å². The molecule has 0 unspecified atom stereocenters. The summed E-state index contributed by atoms with van der Waals surface area (Å²) in [7, 11) is 1.62. The molecular formula is C30H34F3N7O. The molecule has 0 bridgehead atoms. The molecule has 41 heavy (non-hydrogen) atoms. The number of alkyl halides is 3. The van der Waals surface area contributed by atoms with Gasteiger partial charge in [0, 0.05) is 39.0 Å². The third-order valence-corrected chi connectivity index (χ3v) is 8.61. The lowest BCUT2D eigenvalue weighted by atomic mass is 9.57. The second-order valence-electron chi connectivity index (χ2n) is 11.6. The highest BCUT2D eigenvalue weighted by Crippen LogP contribution is 2.50. The molecule has 1 aliphatic heterocycles. The number of imidazole rings is 1. The van der Waals surface area contributed by atoms with Crippen LogP contribution >= 0.6 is 0 Å². The van der Waals surface area contributed by atoms with Gasteiger partial charge in [0.1, 0.15) is 5.84 Å². The summed E-state index contributed by atoms with van der Waals surface area (Å²) in [5.41, 5.74) is -0.878. The summed E-state index contributed by atoms with van der Waals surface area (Å²) in [5.74, 6) is 0.767. The Labute approximate surface area is 236 Å². The molecule has 1 saturated carbocycles. The summed E-state index contributed by atoms with van der Waals surface area (Å²) in [4.78, 5) is 17.2. The Balaban J connectivity index is 1.57. The van der Waals surface area contributed by atoms with Crippen LogP contribution in [0.3, 0.4) is 0 Å². The van der Waals surface area contributed by atoms with Crippen molar-refractivity contribution in [1.29, 1.82) is 16.1 Å². The number of piperidine rings is 1. The second-order valence-corrected chi connectivity index (χ2v) is 11.6. The second kappa shape index (κ2) is 10.8. The molecule has 8 nitrogen and oxygen atoms in total. The Kier molecular flexibility index (Phi) is 7.55. The average molecular weight is 566 g/mol. The Morgan fingerprint density at radius 3 is 2.68 bits per heavy atom. The number of likely N-dealkylation sites (tertiary alicyclic amines) is 1. The molecule has 2 fully saturated rings. The first kappa shape index (κ1) is 28.6. The topological polar surface area (TPSA) is 104 Å². The number of benzene rings is 1. The zero-order valence-corrected chi connectivity index (χ0v) is 23.2. The number of aromatic nitrogens is 2. The molecule has 1 aliphatic carbocycles. The molecular weight excluding hydrogens is 531 g/mol. The summed E-state index contributed by atoms with van der Waals surface area (Å²) >= 11 is 0. The van der Waals surface area contributed by atoms with Gasteiger partial charge in [-0.3, -0.25) is 24.7 Å². The molecule has 3 heterocycles. The SMILES string of the molecule is C[C@H]1CCCN(Cc2cc(C(F)(F)F)c3cn(-c4cccc(C5(C(=N)N(C)C=N)CC(CC#N)C5)c4)c(=O)n3c2)C1. The van der Waals surface area contributed by atoms with E-state index < -0.39 is 22.8 Å². The van der Waals surface area contributed by atoms with E-state index in [0.29, 0.717) is 43.0 Å². The number of nitrogens with one attached hydrogen (secondary N) is 2. The van der Waals surface area contributed by atoms with Crippen molar-refractivity contribution in [2.75, 3.05) is 20.1 Å². The smallest absolute Gasteiger partial charge is 0.324 e. The largest absolute Gasteiger partial charge is 0.418 e. The quantitative estimate of drug-likeness (QED) is 0.295. The van der Waals surface area contributed by atoms with Crippen LogP contribution in [0.25, 0.3) is 11.2 Å². The van der Waals surface area contributed by atoms with Gasteiger partial charge >= 0.3 is 11.9 Å². The summed E-state index contributed by atoms with van der Waals surface area (Å²) < 4.78 is 45.1. The molecule has 1 atom stereocenters. The Morgan fingerprint density at radius 2 is 2.02 bits per heavy atom. The van der Waals surface area contributed by atoms with E-state index in [0.717, 1.165) is 48.3 Å². The fourth-order valence-electron chi connectivity index (χ4n) is 6.55. The van der Waals surface area contributed by atoms with Gasteiger partial charge in [-0.15, -0.1) is 0 Å². The van der Waals surface area contributed by atoms with Gasteiger partial charge < -0.3 is 4.90 Å². The average Bonchev–Trinajstić information content (AvgIpc) is 3.25. The maximum absolute atomic E-state index is 14.2. The third-order valence-electron chi connectivity index (χ3n) is 8.61. The normalized spacial score (nSPS) is 23.1. The number of nitriles is 1. The first-order valence-electron chi connectivity index (χ1n) is 13.8. The number of likely N-dealkylation sites (N-methyl/N-ethyl adjacent to an activating group) is 1. The number of rotatable bonds is 7. The standard InChI is InChI=1S/C30H34F3N7O/c1-20-5-4-10-38(15-20)16-22-11-25(30(31,32)33)26-18-39(28(41)40(26)17-22)24-7-3-6-23(12-24)29(27(36)37(2)19-35)13-21(14-29)8-9-34/h3,6-7,11-12,17-21,35-36H,4-5,8,10,13-16H2,1-2H3/t20-,21?,29?/m0/s1. The molecule has 1 aromatic carbocycles. The minimum Gasteiger partial charge on any atom is -0.324 e. The maximum Gasteiger partial charge on any atom is 0.418 e. The molecule has 1 saturated heterocycles. The summed E-state index contributed by atoms with van der Waals surface area (Å²) in [6.45, 7) is 4.09. The van der Waals surface area contributed by atoms with E-state index in [1.807, 2.05) is 6.07 Å². The van der Waals surface area contributed by atoms with Crippen LogP contribution in [0.4, 0.5) is 13.2 Å². The van der Waals surface area contributed by atoms with E-state index in [1.165, 1.54) is 21.9 Å². The minimum absolute atomic E-state index is 0.0959. The molecule has 5 rings (SSSR count). The zero-order chi connectivity index (χ0) is 29.5. The lowest BCUT2D eigenvalue weighted by Crippen LogP contribution is -2.52. The van der Waals surface area contributed by atoms with Crippen molar-refractivity contribution in [3.05, 3.63) is 69.9 Å². The van der Waals surface area contributed by atoms with Gasteiger partial charge in [-0.2, -0.15) is 18.4 Å². The first-order valence-corrected chi connectivity index (χ1v) is 13.8. The molecule has 2 aromatic heterocycles. The number of nitrogens with zero attached hydrogens (tertiary/aromatic N) is 5. The molecule has 11 heteroatoms. The van der Waals surface area contributed by atoms with Gasteiger partial charge in [-0.25, -0.2) is 4.79 Å². The molecule has 0 amide bonds. The lowest BCUT2D eigenvalue weighted by Gasteiger charge is -2.49. The number of pyridine rings is 1. The van der Waals surface area contributed by atoms with Crippen LogP contribution in [0.1, 0.15) is 55.7 Å². The predicted octanol–water partition coefficient (Wildman–Crippen LogP) is 5.42. The van der Waals surface area contributed by atoms with Crippen LogP contribution in [0.15, 0.2) is 47.5 Å². The fraction of sp³-hybridized carbons (Fsp3) is 0.467. The lowest BCUT2D eigenvalue weighted by molar-refractivity contribution is -0.136. The monoisotopic (exact) mass is 565 g/mol. The van der Waals surface area contributed by atoms with Crippen LogP contribution < -0.4 is 5.69 Å². The van der Waals surface area contributed by atoms with Gasteiger partial charge in [0.15, 0.2) is 0 Å². The molecule has 0 radical (unpaired) electrons. The molecule has 0 spiro atoms. The van der Waals surface area contributed by atoms with Crippen molar-refractivity contribution < 1.29 is 13.2 Å². The van der Waals surface area contributed by atoms with E-state index >= 15 is 0 Å². The molecule has 3 aromatic rings. The van der Waals surface area contributed by atoms with Crippen molar-refractivity contribution in [2.24, 2.45) is 11.8 Å². The number of amidine groups is 1. The fourth-order valence-corrected chi connectivity index (χ4v) is 6.55. The van der Waals surface area contributed by atoms with Crippen LogP contribution in [0.2, 0.25) is 0 Å². The van der Waals surface area contributed by atoms with Crippen LogP contribution in [-0.2, 0) is 18.1 Å². The van der Waals surface area contributed by atoms with Crippen molar-refractivity contribution in [3.8, 4) is 11.8 Å². The molecule has 2 N–H and O–H groups in total. The van der Waals surface area contributed by atoms with Crippen LogP contribution in [0, 0.1) is 34.0 Å². The molecule has 216 valence electrons. The highest BCUT2D eigenvalue weighted by Gasteiger charge is 2.50.